The van der Waals surface area contributed by atoms with Crippen LogP contribution in [0.1, 0.15) is 18.9 Å². The van der Waals surface area contributed by atoms with Crippen LogP contribution in [-0.2, 0) is 11.3 Å². The molecule has 1 unspecified atom stereocenters. The zero-order chi connectivity index (χ0) is 10.8. The Labute approximate surface area is 98.8 Å². The lowest BCUT2D eigenvalue weighted by Crippen LogP contribution is -2.10. The average molecular weight is 244 g/mol. The van der Waals surface area contributed by atoms with Crippen LogP contribution in [0.3, 0.4) is 0 Å². The van der Waals surface area contributed by atoms with E-state index in [1.54, 1.807) is 6.07 Å². The van der Waals surface area contributed by atoms with Gasteiger partial charge in [-0.3, -0.25) is 0 Å². The second-order valence-electron chi connectivity index (χ2n) is 3.70. The molecule has 1 aliphatic heterocycles. The molecule has 15 heavy (non-hydrogen) atoms. The van der Waals surface area contributed by atoms with Gasteiger partial charge >= 0.3 is 0 Å². The van der Waals surface area contributed by atoms with Crippen molar-refractivity contribution in [3.63, 3.8) is 0 Å². The maximum atomic E-state index is 6.07. The lowest BCUT2D eigenvalue weighted by Gasteiger charge is -2.09. The van der Waals surface area contributed by atoms with Crippen LogP contribution < -0.4 is 0 Å². The molecule has 0 N–H and O–H groups in total. The molecule has 2 nitrogen and oxygen atoms in total. The predicted molar refractivity (Wildman–Crippen MR) is 62.8 cm³/mol. The van der Waals surface area contributed by atoms with Gasteiger partial charge in [-0.05, 0) is 24.6 Å². The molecule has 4 heteroatoms. The highest BCUT2D eigenvalue weighted by molar-refractivity contribution is 6.35. The number of oxime groups is 1. The first kappa shape index (κ1) is 10.8. The minimum atomic E-state index is 0.115. The molecule has 2 rings (SSSR count). The van der Waals surface area contributed by atoms with Crippen molar-refractivity contribution in [2.75, 3.05) is 0 Å². The Morgan fingerprint density at radius 1 is 1.47 bits per heavy atom. The predicted octanol–water partition coefficient (Wildman–Crippen LogP) is 3.70. The first-order valence-electron chi connectivity index (χ1n) is 4.78. The molecule has 0 saturated carbocycles. The summed E-state index contributed by atoms with van der Waals surface area (Å²) in [6.45, 7) is 1.96. The van der Waals surface area contributed by atoms with Gasteiger partial charge in [-0.15, -0.1) is 0 Å². The summed E-state index contributed by atoms with van der Waals surface area (Å²) in [6, 6.07) is 5.52. The van der Waals surface area contributed by atoms with Gasteiger partial charge in [0.25, 0.3) is 0 Å². The molecule has 0 radical (unpaired) electrons. The summed E-state index contributed by atoms with van der Waals surface area (Å²) in [4.78, 5) is 5.25. The Morgan fingerprint density at radius 3 is 2.87 bits per heavy atom. The molecular weight excluding hydrogens is 233 g/mol. The average Bonchev–Trinajstić information content (AvgIpc) is 2.56. The fourth-order valence-corrected chi connectivity index (χ4v) is 2.10. The number of rotatable bonds is 2. The van der Waals surface area contributed by atoms with E-state index in [1.165, 1.54) is 0 Å². The van der Waals surface area contributed by atoms with Gasteiger partial charge in [0.2, 0.25) is 0 Å². The minimum absolute atomic E-state index is 0.115. The third-order valence-corrected chi connectivity index (χ3v) is 2.93. The first-order valence-corrected chi connectivity index (χ1v) is 5.54. The van der Waals surface area contributed by atoms with Crippen molar-refractivity contribution in [2.45, 2.75) is 25.9 Å². The number of halogens is 2. The minimum Gasteiger partial charge on any atom is -0.392 e. The Balaban J connectivity index is 2.05. The van der Waals surface area contributed by atoms with Crippen molar-refractivity contribution in [1.82, 2.24) is 0 Å². The standard InChI is InChI=1S/C11H11Cl2NO/c1-7-4-10(15-14-7)5-8-2-3-9(12)6-11(8)13/h2-3,6,10H,4-5H2,1H3. The van der Waals surface area contributed by atoms with Crippen LogP contribution in [0.2, 0.25) is 10.0 Å². The van der Waals surface area contributed by atoms with Crippen molar-refractivity contribution >= 4 is 28.9 Å². The molecule has 1 atom stereocenters. The normalized spacial score (nSPS) is 19.9. The summed E-state index contributed by atoms with van der Waals surface area (Å²) < 4.78 is 0. The third-order valence-electron chi connectivity index (χ3n) is 2.34. The Kier molecular flexibility index (Phi) is 3.17. The van der Waals surface area contributed by atoms with E-state index in [2.05, 4.69) is 5.16 Å². The van der Waals surface area contributed by atoms with Crippen LogP contribution in [0.4, 0.5) is 0 Å². The van der Waals surface area contributed by atoms with E-state index in [1.807, 2.05) is 19.1 Å². The van der Waals surface area contributed by atoms with Crippen molar-refractivity contribution < 1.29 is 4.84 Å². The van der Waals surface area contributed by atoms with Gasteiger partial charge in [0.05, 0.1) is 5.71 Å². The summed E-state index contributed by atoms with van der Waals surface area (Å²) in [5, 5.41) is 5.25. The largest absolute Gasteiger partial charge is 0.392 e. The third kappa shape index (κ3) is 2.64. The molecule has 0 amide bonds. The quantitative estimate of drug-likeness (QED) is 0.777. The maximum absolute atomic E-state index is 6.07. The summed E-state index contributed by atoms with van der Waals surface area (Å²) in [5.74, 6) is 0. The molecule has 0 bridgehead atoms. The summed E-state index contributed by atoms with van der Waals surface area (Å²) in [5.41, 5.74) is 2.08. The Morgan fingerprint density at radius 2 is 2.27 bits per heavy atom. The van der Waals surface area contributed by atoms with Gasteiger partial charge in [-0.25, -0.2) is 0 Å². The van der Waals surface area contributed by atoms with Gasteiger partial charge in [-0.2, -0.15) is 0 Å². The van der Waals surface area contributed by atoms with Crippen LogP contribution in [0.25, 0.3) is 0 Å². The van der Waals surface area contributed by atoms with Crippen molar-refractivity contribution in [2.24, 2.45) is 5.16 Å². The number of nitrogens with zero attached hydrogens (tertiary/aromatic N) is 1. The van der Waals surface area contributed by atoms with Crippen molar-refractivity contribution in [3.8, 4) is 0 Å². The zero-order valence-corrected chi connectivity index (χ0v) is 9.85. The summed E-state index contributed by atoms with van der Waals surface area (Å²) >= 11 is 11.9. The van der Waals surface area contributed by atoms with E-state index >= 15 is 0 Å². The van der Waals surface area contributed by atoms with Gasteiger partial charge in [0.1, 0.15) is 6.10 Å². The fraction of sp³-hybridized carbons (Fsp3) is 0.364. The molecule has 0 fully saturated rings. The highest BCUT2D eigenvalue weighted by Gasteiger charge is 2.19. The van der Waals surface area contributed by atoms with Crippen LogP contribution in [0.5, 0.6) is 0 Å². The monoisotopic (exact) mass is 243 g/mol. The lowest BCUT2D eigenvalue weighted by molar-refractivity contribution is 0.0859. The number of benzene rings is 1. The molecule has 0 aliphatic carbocycles. The van der Waals surface area contributed by atoms with E-state index in [0.717, 1.165) is 24.1 Å². The molecule has 1 aliphatic rings. The molecule has 1 heterocycles. The van der Waals surface area contributed by atoms with Crippen LogP contribution in [-0.4, -0.2) is 11.8 Å². The Hall–Kier alpha value is -0.730. The van der Waals surface area contributed by atoms with Gasteiger partial charge in [0, 0.05) is 22.9 Å². The van der Waals surface area contributed by atoms with Gasteiger partial charge < -0.3 is 4.84 Å². The molecular formula is C11H11Cl2NO. The van der Waals surface area contributed by atoms with E-state index in [4.69, 9.17) is 28.0 Å². The fourth-order valence-electron chi connectivity index (χ4n) is 1.61. The van der Waals surface area contributed by atoms with Crippen LogP contribution in [0, 0.1) is 0 Å². The highest BCUT2D eigenvalue weighted by Crippen LogP contribution is 2.24. The molecule has 0 saturated heterocycles. The van der Waals surface area contributed by atoms with Gasteiger partial charge in [0.15, 0.2) is 0 Å². The molecule has 0 spiro atoms. The van der Waals surface area contributed by atoms with Crippen molar-refractivity contribution in [1.29, 1.82) is 0 Å². The number of hydrogen-bond donors (Lipinski definition) is 0. The van der Waals surface area contributed by atoms with E-state index < -0.39 is 0 Å². The first-order chi connectivity index (χ1) is 7.15. The maximum Gasteiger partial charge on any atom is 0.136 e. The zero-order valence-electron chi connectivity index (χ0n) is 8.34. The molecule has 0 aromatic heterocycles. The lowest BCUT2D eigenvalue weighted by atomic mass is 10.0. The highest BCUT2D eigenvalue weighted by atomic mass is 35.5. The van der Waals surface area contributed by atoms with Crippen molar-refractivity contribution in [3.05, 3.63) is 33.8 Å². The number of hydrogen-bond acceptors (Lipinski definition) is 2. The SMILES string of the molecule is CC1=NOC(Cc2ccc(Cl)cc2Cl)C1. The van der Waals surface area contributed by atoms with E-state index in [-0.39, 0.29) is 6.10 Å². The Bertz CT molecular complexity index is 404. The second kappa shape index (κ2) is 4.42. The van der Waals surface area contributed by atoms with Crippen LogP contribution >= 0.6 is 23.2 Å². The second-order valence-corrected chi connectivity index (χ2v) is 4.54. The summed E-state index contributed by atoms with van der Waals surface area (Å²) in [6.07, 6.45) is 1.76. The van der Waals surface area contributed by atoms with Crippen LogP contribution in [0.15, 0.2) is 23.4 Å². The smallest absolute Gasteiger partial charge is 0.136 e. The van der Waals surface area contributed by atoms with Gasteiger partial charge in [-0.1, -0.05) is 34.4 Å². The van der Waals surface area contributed by atoms with E-state index in [0.29, 0.717) is 10.0 Å². The van der Waals surface area contributed by atoms with E-state index in [9.17, 15) is 0 Å². The topological polar surface area (TPSA) is 21.6 Å². The molecule has 1 aromatic rings. The molecule has 80 valence electrons. The summed E-state index contributed by atoms with van der Waals surface area (Å²) in [7, 11) is 0. The molecule has 1 aromatic carbocycles.